The van der Waals surface area contributed by atoms with Crippen molar-refractivity contribution in [2.24, 2.45) is 11.3 Å². The first-order chi connectivity index (χ1) is 8.86. The van der Waals surface area contributed by atoms with Gasteiger partial charge in [-0.2, -0.15) is 0 Å². The first-order valence-corrected chi connectivity index (χ1v) is 7.87. The molecule has 0 saturated carbocycles. The fraction of sp³-hybridized carbons (Fsp3) is 1.00. The van der Waals surface area contributed by atoms with Gasteiger partial charge in [-0.25, -0.2) is 0 Å². The monoisotopic (exact) mass is 252 g/mol. The maximum absolute atomic E-state index is 5.62. The van der Waals surface area contributed by atoms with Gasteiger partial charge in [-0.15, -0.1) is 0 Å². The van der Waals surface area contributed by atoms with Crippen LogP contribution in [-0.4, -0.2) is 50.8 Å². The summed E-state index contributed by atoms with van der Waals surface area (Å²) in [5.74, 6) is 0.797. The standard InChI is InChI=1S/C15H28N2O/c1-4-14(11-18-9-1)10-17-8-3-6-15(13-17)5-2-7-16-12-15/h14,16H,1-13H2. The topological polar surface area (TPSA) is 24.5 Å². The first kappa shape index (κ1) is 12.9. The van der Waals surface area contributed by atoms with Crippen LogP contribution in [0.25, 0.3) is 0 Å². The van der Waals surface area contributed by atoms with Crippen molar-refractivity contribution >= 4 is 0 Å². The Labute approximate surface area is 111 Å². The van der Waals surface area contributed by atoms with Gasteiger partial charge in [0.15, 0.2) is 0 Å². The summed E-state index contributed by atoms with van der Waals surface area (Å²) >= 11 is 0. The second-order valence-electron chi connectivity index (χ2n) is 6.70. The van der Waals surface area contributed by atoms with Gasteiger partial charge >= 0.3 is 0 Å². The molecule has 3 fully saturated rings. The van der Waals surface area contributed by atoms with E-state index in [1.54, 1.807) is 0 Å². The Hall–Kier alpha value is -0.120. The van der Waals surface area contributed by atoms with Crippen LogP contribution >= 0.6 is 0 Å². The highest BCUT2D eigenvalue weighted by Gasteiger charge is 2.36. The van der Waals surface area contributed by atoms with Crippen LogP contribution in [0.5, 0.6) is 0 Å². The molecule has 18 heavy (non-hydrogen) atoms. The lowest BCUT2D eigenvalue weighted by molar-refractivity contribution is 0.0111. The van der Waals surface area contributed by atoms with Gasteiger partial charge in [-0.05, 0) is 62.9 Å². The highest BCUT2D eigenvalue weighted by Crippen LogP contribution is 2.36. The summed E-state index contributed by atoms with van der Waals surface area (Å²) in [4.78, 5) is 2.73. The largest absolute Gasteiger partial charge is 0.381 e. The third kappa shape index (κ3) is 3.06. The van der Waals surface area contributed by atoms with Crippen molar-refractivity contribution in [2.45, 2.75) is 38.5 Å². The number of nitrogens with one attached hydrogen (secondary N) is 1. The van der Waals surface area contributed by atoms with Crippen LogP contribution in [0.15, 0.2) is 0 Å². The molecule has 3 rings (SSSR count). The van der Waals surface area contributed by atoms with E-state index in [0.717, 1.165) is 19.1 Å². The Morgan fingerprint density at radius 1 is 1.22 bits per heavy atom. The Bertz CT molecular complexity index is 252. The first-order valence-electron chi connectivity index (χ1n) is 7.87. The second kappa shape index (κ2) is 5.89. The van der Waals surface area contributed by atoms with Crippen LogP contribution in [0.2, 0.25) is 0 Å². The Kier molecular flexibility index (Phi) is 4.22. The summed E-state index contributed by atoms with van der Waals surface area (Å²) in [5, 5.41) is 3.62. The molecule has 0 aromatic heterocycles. The Morgan fingerprint density at radius 2 is 2.17 bits per heavy atom. The molecule has 2 atom stereocenters. The van der Waals surface area contributed by atoms with Gasteiger partial charge in [0, 0.05) is 26.2 Å². The molecule has 3 heteroatoms. The van der Waals surface area contributed by atoms with Crippen LogP contribution in [0.1, 0.15) is 38.5 Å². The SMILES string of the molecule is C1COCC(CN2CCCC3(CCCNC3)C2)C1. The van der Waals surface area contributed by atoms with Crippen molar-refractivity contribution < 1.29 is 4.74 Å². The minimum absolute atomic E-state index is 0.603. The molecule has 2 unspecified atom stereocenters. The van der Waals surface area contributed by atoms with Gasteiger partial charge in [-0.1, -0.05) is 0 Å². The molecular weight excluding hydrogens is 224 g/mol. The van der Waals surface area contributed by atoms with Gasteiger partial charge in [0.05, 0.1) is 6.61 Å². The van der Waals surface area contributed by atoms with E-state index in [1.807, 2.05) is 0 Å². The predicted molar refractivity (Wildman–Crippen MR) is 73.8 cm³/mol. The van der Waals surface area contributed by atoms with Crippen LogP contribution in [0, 0.1) is 11.3 Å². The average Bonchev–Trinajstić information content (AvgIpc) is 2.41. The number of hydrogen-bond acceptors (Lipinski definition) is 3. The lowest BCUT2D eigenvalue weighted by atomic mass is 9.74. The normalized spacial score (nSPS) is 39.0. The molecule has 3 aliphatic rings. The lowest BCUT2D eigenvalue weighted by Crippen LogP contribution is -2.52. The van der Waals surface area contributed by atoms with E-state index < -0.39 is 0 Å². The van der Waals surface area contributed by atoms with E-state index in [-0.39, 0.29) is 0 Å². The zero-order valence-corrected chi connectivity index (χ0v) is 11.6. The number of hydrogen-bond donors (Lipinski definition) is 1. The molecule has 3 aliphatic heterocycles. The van der Waals surface area contributed by atoms with Gasteiger partial charge in [0.1, 0.15) is 0 Å². The molecule has 3 nitrogen and oxygen atoms in total. The third-order valence-electron chi connectivity index (χ3n) is 5.07. The molecule has 0 aliphatic carbocycles. The highest BCUT2D eigenvalue weighted by molar-refractivity contribution is 4.91. The minimum Gasteiger partial charge on any atom is -0.381 e. The number of rotatable bonds is 2. The molecule has 0 aromatic carbocycles. The van der Waals surface area contributed by atoms with E-state index in [2.05, 4.69) is 10.2 Å². The molecule has 104 valence electrons. The maximum Gasteiger partial charge on any atom is 0.0506 e. The van der Waals surface area contributed by atoms with Crippen LogP contribution in [-0.2, 0) is 4.74 Å². The van der Waals surface area contributed by atoms with Crippen molar-refractivity contribution in [2.75, 3.05) is 45.9 Å². The quantitative estimate of drug-likeness (QED) is 0.812. The highest BCUT2D eigenvalue weighted by atomic mass is 16.5. The van der Waals surface area contributed by atoms with Crippen molar-refractivity contribution in [1.29, 1.82) is 0 Å². The van der Waals surface area contributed by atoms with Gasteiger partial charge in [0.25, 0.3) is 0 Å². The number of ether oxygens (including phenoxy) is 1. The van der Waals surface area contributed by atoms with Gasteiger partial charge < -0.3 is 15.0 Å². The van der Waals surface area contributed by atoms with Crippen molar-refractivity contribution in [1.82, 2.24) is 10.2 Å². The van der Waals surface area contributed by atoms with Crippen molar-refractivity contribution in [3.8, 4) is 0 Å². The summed E-state index contributed by atoms with van der Waals surface area (Å²) in [7, 11) is 0. The minimum atomic E-state index is 0.603. The summed E-state index contributed by atoms with van der Waals surface area (Å²) in [5.41, 5.74) is 0.603. The summed E-state index contributed by atoms with van der Waals surface area (Å²) in [6.07, 6.45) is 8.30. The van der Waals surface area contributed by atoms with E-state index in [1.165, 1.54) is 71.2 Å². The molecule has 3 heterocycles. The smallest absolute Gasteiger partial charge is 0.0506 e. The number of likely N-dealkylation sites (tertiary alicyclic amines) is 1. The molecule has 0 aromatic rings. The van der Waals surface area contributed by atoms with Crippen LogP contribution < -0.4 is 5.32 Å². The van der Waals surface area contributed by atoms with Gasteiger partial charge in [0.2, 0.25) is 0 Å². The summed E-state index contributed by atoms with van der Waals surface area (Å²) in [6.45, 7) is 8.41. The zero-order chi connectivity index (χ0) is 12.3. The van der Waals surface area contributed by atoms with E-state index >= 15 is 0 Å². The van der Waals surface area contributed by atoms with E-state index in [9.17, 15) is 0 Å². The Balaban J connectivity index is 1.52. The molecule has 1 N–H and O–H groups in total. The molecule has 1 spiro atoms. The fourth-order valence-electron chi connectivity index (χ4n) is 4.16. The maximum atomic E-state index is 5.62. The lowest BCUT2D eigenvalue weighted by Gasteiger charge is -2.46. The zero-order valence-electron chi connectivity index (χ0n) is 11.6. The number of piperidine rings is 2. The molecule has 0 bridgehead atoms. The fourth-order valence-corrected chi connectivity index (χ4v) is 4.16. The third-order valence-corrected chi connectivity index (χ3v) is 5.07. The van der Waals surface area contributed by atoms with Crippen molar-refractivity contribution in [3.63, 3.8) is 0 Å². The second-order valence-corrected chi connectivity index (χ2v) is 6.70. The summed E-state index contributed by atoms with van der Waals surface area (Å²) < 4.78 is 5.62. The molecule has 0 radical (unpaired) electrons. The predicted octanol–water partition coefficient (Wildman–Crippen LogP) is 1.88. The van der Waals surface area contributed by atoms with Crippen LogP contribution in [0.3, 0.4) is 0 Å². The molecule has 0 amide bonds. The molecule has 3 saturated heterocycles. The van der Waals surface area contributed by atoms with Gasteiger partial charge in [-0.3, -0.25) is 0 Å². The van der Waals surface area contributed by atoms with E-state index in [4.69, 9.17) is 4.74 Å². The van der Waals surface area contributed by atoms with Crippen LogP contribution in [0.4, 0.5) is 0 Å². The Morgan fingerprint density at radius 3 is 2.94 bits per heavy atom. The summed E-state index contributed by atoms with van der Waals surface area (Å²) in [6, 6.07) is 0. The number of nitrogens with zero attached hydrogens (tertiary/aromatic N) is 1. The molecular formula is C15H28N2O. The van der Waals surface area contributed by atoms with Crippen molar-refractivity contribution in [3.05, 3.63) is 0 Å². The average molecular weight is 252 g/mol. The van der Waals surface area contributed by atoms with E-state index in [0.29, 0.717) is 5.41 Å².